The average Bonchev–Trinajstić information content (AvgIpc) is 2.77. The van der Waals surface area contributed by atoms with Gasteiger partial charge in [0.05, 0.1) is 15.9 Å². The van der Waals surface area contributed by atoms with Crippen LogP contribution in [0, 0.1) is 6.92 Å². The quantitative estimate of drug-likeness (QED) is 0.585. The van der Waals surface area contributed by atoms with Crippen LogP contribution >= 0.6 is 11.3 Å². The fourth-order valence-electron chi connectivity index (χ4n) is 2.18. The first-order chi connectivity index (χ1) is 7.72. The molecule has 0 bridgehead atoms. The Morgan fingerprint density at radius 3 is 2.94 bits per heavy atom. The van der Waals surface area contributed by atoms with Crippen molar-refractivity contribution in [1.29, 1.82) is 0 Å². The molecule has 3 aromatic rings. The predicted octanol–water partition coefficient (Wildman–Crippen LogP) is 3.51. The number of carbonyl (C=O) groups excluding carboxylic acids is 1. The van der Waals surface area contributed by atoms with E-state index >= 15 is 0 Å². The maximum absolute atomic E-state index is 10.9. The number of fused-ring (bicyclic) bond motifs is 3. The van der Waals surface area contributed by atoms with E-state index < -0.39 is 0 Å². The summed E-state index contributed by atoms with van der Waals surface area (Å²) in [4.78, 5) is 10.9. The topological polar surface area (TPSA) is 22.0 Å². The van der Waals surface area contributed by atoms with E-state index in [4.69, 9.17) is 0 Å². The number of aryl methyl sites for hydroxylation is 2. The molecular weight excluding hydrogens is 218 g/mol. The zero-order valence-electron chi connectivity index (χ0n) is 9.15. The van der Waals surface area contributed by atoms with E-state index in [9.17, 15) is 4.79 Å². The van der Waals surface area contributed by atoms with E-state index in [1.165, 1.54) is 25.9 Å². The largest absolute Gasteiger partial charge is 0.340 e. The Morgan fingerprint density at radius 2 is 2.19 bits per heavy atom. The molecule has 80 valence electrons. The van der Waals surface area contributed by atoms with Crippen molar-refractivity contribution in [2.45, 2.75) is 6.92 Å². The molecule has 3 rings (SSSR count). The van der Waals surface area contributed by atoms with Gasteiger partial charge < -0.3 is 4.57 Å². The first kappa shape index (κ1) is 9.60. The number of aldehydes is 1. The Kier molecular flexibility index (Phi) is 1.91. The molecule has 0 unspecified atom stereocenters. The summed E-state index contributed by atoms with van der Waals surface area (Å²) in [5, 5.41) is 1.25. The Bertz CT molecular complexity index is 705. The Hall–Kier alpha value is -1.61. The zero-order valence-corrected chi connectivity index (χ0v) is 9.97. The Morgan fingerprint density at radius 1 is 1.38 bits per heavy atom. The van der Waals surface area contributed by atoms with Gasteiger partial charge in [0.25, 0.3) is 0 Å². The van der Waals surface area contributed by atoms with Crippen LogP contribution in [-0.2, 0) is 7.05 Å². The van der Waals surface area contributed by atoms with Gasteiger partial charge in [-0.25, -0.2) is 0 Å². The minimum atomic E-state index is 0.740. The van der Waals surface area contributed by atoms with E-state index in [1.54, 1.807) is 11.3 Å². The number of nitrogens with zero attached hydrogens (tertiary/aromatic N) is 1. The molecule has 0 atom stereocenters. The molecule has 1 aromatic carbocycles. The van der Waals surface area contributed by atoms with Crippen LogP contribution in [0.15, 0.2) is 24.3 Å². The summed E-state index contributed by atoms with van der Waals surface area (Å²) in [6.45, 7) is 2.12. The molecule has 0 saturated carbocycles. The fourth-order valence-corrected chi connectivity index (χ4v) is 3.43. The molecule has 2 nitrogen and oxygen atoms in total. The monoisotopic (exact) mass is 229 g/mol. The Balaban J connectivity index is 2.56. The highest BCUT2D eigenvalue weighted by molar-refractivity contribution is 7.26. The van der Waals surface area contributed by atoms with Crippen molar-refractivity contribution < 1.29 is 4.79 Å². The first-order valence-corrected chi connectivity index (χ1v) is 5.96. The SMILES string of the molecule is Cc1cccc2c1sc1cc(C=O)n(C)c12. The lowest BCUT2D eigenvalue weighted by Gasteiger charge is -1.98. The molecule has 2 heterocycles. The molecule has 0 aliphatic heterocycles. The number of hydrogen-bond donors (Lipinski definition) is 0. The molecule has 0 N–H and O–H groups in total. The van der Waals surface area contributed by atoms with Crippen molar-refractivity contribution in [1.82, 2.24) is 4.57 Å². The van der Waals surface area contributed by atoms with Crippen LogP contribution in [0.1, 0.15) is 16.1 Å². The lowest BCUT2D eigenvalue weighted by Crippen LogP contribution is -1.93. The molecule has 0 saturated heterocycles. The van der Waals surface area contributed by atoms with Crippen LogP contribution in [0.3, 0.4) is 0 Å². The third-order valence-corrected chi connectivity index (χ3v) is 4.31. The van der Waals surface area contributed by atoms with E-state index in [-0.39, 0.29) is 0 Å². The number of hydrogen-bond acceptors (Lipinski definition) is 2. The van der Waals surface area contributed by atoms with Crippen LogP contribution in [0.25, 0.3) is 20.3 Å². The summed E-state index contributed by atoms with van der Waals surface area (Å²) in [5.74, 6) is 0. The van der Waals surface area contributed by atoms with Gasteiger partial charge in [0.15, 0.2) is 6.29 Å². The molecule has 0 aliphatic rings. The number of aromatic nitrogens is 1. The van der Waals surface area contributed by atoms with E-state index in [1.807, 2.05) is 17.7 Å². The van der Waals surface area contributed by atoms with Gasteiger partial charge in [-0.1, -0.05) is 18.2 Å². The molecule has 16 heavy (non-hydrogen) atoms. The summed E-state index contributed by atoms with van der Waals surface area (Å²) in [6, 6.07) is 8.28. The van der Waals surface area contributed by atoms with Gasteiger partial charge in [0.2, 0.25) is 0 Å². The Labute approximate surface area is 97.1 Å². The average molecular weight is 229 g/mol. The molecule has 0 radical (unpaired) electrons. The lowest BCUT2D eigenvalue weighted by molar-refractivity contribution is 0.111. The van der Waals surface area contributed by atoms with E-state index in [2.05, 4.69) is 25.1 Å². The second-order valence-electron chi connectivity index (χ2n) is 4.01. The van der Waals surface area contributed by atoms with Crippen LogP contribution in [0.5, 0.6) is 0 Å². The standard InChI is InChI=1S/C13H11NOS/c1-8-4-3-5-10-12-11(16-13(8)10)6-9(7-15)14(12)2/h3-7H,1-2H3. The number of rotatable bonds is 1. The number of thiophene rings is 1. The first-order valence-electron chi connectivity index (χ1n) is 5.15. The van der Waals surface area contributed by atoms with Gasteiger partial charge in [-0.3, -0.25) is 4.79 Å². The van der Waals surface area contributed by atoms with Gasteiger partial charge >= 0.3 is 0 Å². The van der Waals surface area contributed by atoms with Gasteiger partial charge in [-0.15, -0.1) is 11.3 Å². The lowest BCUT2D eigenvalue weighted by atomic mass is 10.2. The van der Waals surface area contributed by atoms with Crippen molar-refractivity contribution in [3.63, 3.8) is 0 Å². The molecule has 3 heteroatoms. The summed E-state index contributed by atoms with van der Waals surface area (Å²) >= 11 is 1.76. The summed E-state index contributed by atoms with van der Waals surface area (Å²) in [7, 11) is 1.94. The van der Waals surface area contributed by atoms with Gasteiger partial charge in [0, 0.05) is 17.1 Å². The smallest absolute Gasteiger partial charge is 0.166 e. The van der Waals surface area contributed by atoms with Crippen molar-refractivity contribution in [2.75, 3.05) is 0 Å². The van der Waals surface area contributed by atoms with Crippen LogP contribution in [0.4, 0.5) is 0 Å². The maximum Gasteiger partial charge on any atom is 0.166 e. The molecule has 2 aromatic heterocycles. The van der Waals surface area contributed by atoms with Crippen LogP contribution in [-0.4, -0.2) is 10.9 Å². The normalized spacial score (nSPS) is 11.4. The minimum Gasteiger partial charge on any atom is -0.340 e. The zero-order chi connectivity index (χ0) is 11.3. The molecular formula is C13H11NOS. The molecule has 0 fully saturated rings. The highest BCUT2D eigenvalue weighted by Gasteiger charge is 2.12. The molecule has 0 aliphatic carbocycles. The van der Waals surface area contributed by atoms with Gasteiger partial charge in [-0.05, 0) is 18.6 Å². The third kappa shape index (κ3) is 1.09. The highest BCUT2D eigenvalue weighted by atomic mass is 32.1. The fraction of sp³-hybridized carbons (Fsp3) is 0.154. The molecule has 0 amide bonds. The minimum absolute atomic E-state index is 0.740. The second kappa shape index (κ2) is 3.19. The van der Waals surface area contributed by atoms with Gasteiger partial charge in [-0.2, -0.15) is 0 Å². The van der Waals surface area contributed by atoms with Crippen molar-refractivity contribution >= 4 is 37.9 Å². The number of carbonyl (C=O) groups is 1. The van der Waals surface area contributed by atoms with E-state index in [0.717, 1.165) is 12.0 Å². The third-order valence-electron chi connectivity index (χ3n) is 3.03. The maximum atomic E-state index is 10.9. The summed E-state index contributed by atoms with van der Waals surface area (Å²) in [5.41, 5.74) is 3.21. The van der Waals surface area contributed by atoms with E-state index in [0.29, 0.717) is 0 Å². The van der Waals surface area contributed by atoms with Crippen molar-refractivity contribution in [3.8, 4) is 0 Å². The van der Waals surface area contributed by atoms with Crippen molar-refractivity contribution in [3.05, 3.63) is 35.5 Å². The van der Waals surface area contributed by atoms with Gasteiger partial charge in [0.1, 0.15) is 0 Å². The second-order valence-corrected chi connectivity index (χ2v) is 5.06. The summed E-state index contributed by atoms with van der Waals surface area (Å²) in [6.07, 6.45) is 0.911. The van der Waals surface area contributed by atoms with Crippen LogP contribution in [0.2, 0.25) is 0 Å². The van der Waals surface area contributed by atoms with Crippen molar-refractivity contribution in [2.24, 2.45) is 7.05 Å². The predicted molar refractivity (Wildman–Crippen MR) is 68.4 cm³/mol. The highest BCUT2D eigenvalue weighted by Crippen LogP contribution is 2.36. The van der Waals surface area contributed by atoms with Crippen LogP contribution < -0.4 is 0 Å². The molecule has 0 spiro atoms. The number of benzene rings is 1. The summed E-state index contributed by atoms with van der Waals surface area (Å²) < 4.78 is 4.48.